The maximum atomic E-state index is 3.74. The highest BCUT2D eigenvalue weighted by Gasteiger charge is 1.93. The Bertz CT molecular complexity index is 131. The third-order valence-electron chi connectivity index (χ3n) is 2.93. The van der Waals surface area contributed by atoms with Gasteiger partial charge in [0.15, 0.2) is 0 Å². The van der Waals surface area contributed by atoms with E-state index in [0.29, 0.717) is 0 Å². The lowest BCUT2D eigenvalue weighted by molar-refractivity contribution is 0.429. The number of unbranched alkanes of at least 4 members (excludes halogenated alkanes) is 8. The molecule has 90 valence electrons. The molecule has 0 aromatic carbocycles. The Morgan fingerprint density at radius 3 is 1.80 bits per heavy atom. The normalized spacial score (nSPS) is 10.3. The van der Waals surface area contributed by atoms with Crippen molar-refractivity contribution in [2.24, 2.45) is 0 Å². The summed E-state index contributed by atoms with van der Waals surface area (Å²) in [5.74, 6) is 0. The molecular weight excluding hydrogens is 182 g/mol. The number of hydrogen-bond acceptors (Lipinski definition) is 1. The van der Waals surface area contributed by atoms with Crippen LogP contribution in [0.4, 0.5) is 0 Å². The fourth-order valence-electron chi connectivity index (χ4n) is 1.76. The maximum Gasteiger partial charge on any atom is 0.0169 e. The van der Waals surface area contributed by atoms with E-state index in [4.69, 9.17) is 0 Å². The summed E-state index contributed by atoms with van der Waals surface area (Å²) in [5, 5.41) is 0. The van der Waals surface area contributed by atoms with Gasteiger partial charge in [-0.3, -0.25) is 0 Å². The van der Waals surface area contributed by atoms with E-state index < -0.39 is 0 Å². The Morgan fingerprint density at radius 1 is 0.867 bits per heavy atom. The van der Waals surface area contributed by atoms with Gasteiger partial charge in [-0.25, -0.2) is 0 Å². The maximum absolute atomic E-state index is 3.74. The molecule has 0 aromatic heterocycles. The predicted octanol–water partition coefficient (Wildman–Crippen LogP) is 4.59. The van der Waals surface area contributed by atoms with Crippen LogP contribution in [0.15, 0.2) is 12.8 Å². The number of hydrogen-bond donors (Lipinski definition) is 0. The second kappa shape index (κ2) is 11.6. The lowest BCUT2D eigenvalue weighted by Crippen LogP contribution is -2.11. The largest absolute Gasteiger partial charge is 0.381 e. The minimum Gasteiger partial charge on any atom is -0.381 e. The highest BCUT2D eigenvalue weighted by atomic mass is 15.1. The summed E-state index contributed by atoms with van der Waals surface area (Å²) in [7, 11) is 2.09. The van der Waals surface area contributed by atoms with Crippen LogP contribution in [0.5, 0.6) is 0 Å². The van der Waals surface area contributed by atoms with Crippen LogP contribution in [0.3, 0.4) is 0 Å². The van der Waals surface area contributed by atoms with Gasteiger partial charge in [0.05, 0.1) is 0 Å². The quantitative estimate of drug-likeness (QED) is 0.452. The van der Waals surface area contributed by atoms with Gasteiger partial charge in [0.1, 0.15) is 0 Å². The topological polar surface area (TPSA) is 3.24 Å². The van der Waals surface area contributed by atoms with Gasteiger partial charge < -0.3 is 4.90 Å². The zero-order chi connectivity index (χ0) is 11.4. The summed E-state index contributed by atoms with van der Waals surface area (Å²) in [6, 6.07) is 0. The summed E-state index contributed by atoms with van der Waals surface area (Å²) < 4.78 is 0. The fourth-order valence-corrected chi connectivity index (χ4v) is 1.76. The second-order valence-corrected chi connectivity index (χ2v) is 4.49. The average Bonchev–Trinajstić information content (AvgIpc) is 2.26. The molecule has 0 saturated carbocycles. The van der Waals surface area contributed by atoms with Gasteiger partial charge >= 0.3 is 0 Å². The van der Waals surface area contributed by atoms with Crippen LogP contribution < -0.4 is 0 Å². The van der Waals surface area contributed by atoms with Crippen LogP contribution in [0.25, 0.3) is 0 Å². The minimum absolute atomic E-state index is 1.17. The van der Waals surface area contributed by atoms with Crippen LogP contribution in [0.1, 0.15) is 64.7 Å². The number of rotatable bonds is 11. The first-order valence-corrected chi connectivity index (χ1v) is 6.64. The molecule has 0 aliphatic heterocycles. The number of nitrogens with zero attached hydrogens (tertiary/aromatic N) is 1. The molecule has 0 aromatic rings. The average molecular weight is 211 g/mol. The van der Waals surface area contributed by atoms with E-state index in [1.54, 1.807) is 0 Å². The Hall–Kier alpha value is -0.460. The molecule has 1 heteroatoms. The zero-order valence-electron chi connectivity index (χ0n) is 10.8. The van der Waals surface area contributed by atoms with Crippen LogP contribution in [-0.2, 0) is 0 Å². The standard InChI is InChI=1S/C14H29N/c1-4-6-7-8-9-10-11-12-13-14-15(3)5-2/h5H,2,4,6-14H2,1,3H3. The molecule has 0 aliphatic rings. The third-order valence-corrected chi connectivity index (χ3v) is 2.93. The van der Waals surface area contributed by atoms with Crippen molar-refractivity contribution in [1.82, 2.24) is 4.90 Å². The molecule has 0 fully saturated rings. The van der Waals surface area contributed by atoms with E-state index in [1.165, 1.54) is 64.3 Å². The van der Waals surface area contributed by atoms with E-state index >= 15 is 0 Å². The zero-order valence-corrected chi connectivity index (χ0v) is 10.8. The Kier molecular flexibility index (Phi) is 11.3. The summed E-state index contributed by atoms with van der Waals surface area (Å²) in [5.41, 5.74) is 0. The molecule has 0 rings (SSSR count). The summed E-state index contributed by atoms with van der Waals surface area (Å²) in [6.07, 6.45) is 14.6. The van der Waals surface area contributed by atoms with Gasteiger partial charge in [0.25, 0.3) is 0 Å². The van der Waals surface area contributed by atoms with Crippen LogP contribution in [0.2, 0.25) is 0 Å². The molecule has 0 radical (unpaired) electrons. The second-order valence-electron chi connectivity index (χ2n) is 4.49. The molecular formula is C14H29N. The fraction of sp³-hybridized carbons (Fsp3) is 0.857. The van der Waals surface area contributed by atoms with Crippen molar-refractivity contribution in [2.45, 2.75) is 64.7 Å². The molecule has 0 heterocycles. The smallest absolute Gasteiger partial charge is 0.0169 e. The van der Waals surface area contributed by atoms with Crippen LogP contribution in [0, 0.1) is 0 Å². The Labute approximate surface area is 96.6 Å². The van der Waals surface area contributed by atoms with Crippen LogP contribution >= 0.6 is 0 Å². The molecule has 0 unspecified atom stereocenters. The van der Waals surface area contributed by atoms with Crippen molar-refractivity contribution in [3.05, 3.63) is 12.8 Å². The molecule has 0 amide bonds. The molecule has 0 saturated heterocycles. The molecule has 1 nitrogen and oxygen atoms in total. The molecule has 0 spiro atoms. The van der Waals surface area contributed by atoms with Gasteiger partial charge in [-0.1, -0.05) is 64.9 Å². The summed E-state index contributed by atoms with van der Waals surface area (Å²) in [6.45, 7) is 7.18. The van der Waals surface area contributed by atoms with Gasteiger partial charge in [-0.2, -0.15) is 0 Å². The molecule has 0 bridgehead atoms. The summed E-state index contributed by atoms with van der Waals surface area (Å²) in [4.78, 5) is 2.17. The van der Waals surface area contributed by atoms with E-state index in [0.717, 1.165) is 0 Å². The Balaban J connectivity index is 2.95. The lowest BCUT2D eigenvalue weighted by atomic mass is 10.1. The van der Waals surface area contributed by atoms with Gasteiger partial charge in [0.2, 0.25) is 0 Å². The van der Waals surface area contributed by atoms with Crippen molar-refractivity contribution in [2.75, 3.05) is 13.6 Å². The lowest BCUT2D eigenvalue weighted by Gasteiger charge is -2.12. The minimum atomic E-state index is 1.17. The van der Waals surface area contributed by atoms with Gasteiger partial charge in [0, 0.05) is 13.6 Å². The van der Waals surface area contributed by atoms with Crippen molar-refractivity contribution in [3.63, 3.8) is 0 Å². The SMILES string of the molecule is C=CN(C)CCCCCCCCCCC. The molecule has 0 aliphatic carbocycles. The molecule has 0 atom stereocenters. The van der Waals surface area contributed by atoms with Gasteiger partial charge in [-0.15, -0.1) is 0 Å². The summed E-state index contributed by atoms with van der Waals surface area (Å²) >= 11 is 0. The van der Waals surface area contributed by atoms with Gasteiger partial charge in [-0.05, 0) is 12.6 Å². The first-order valence-electron chi connectivity index (χ1n) is 6.64. The first kappa shape index (κ1) is 14.5. The van der Waals surface area contributed by atoms with Crippen molar-refractivity contribution in [1.29, 1.82) is 0 Å². The monoisotopic (exact) mass is 211 g/mol. The van der Waals surface area contributed by atoms with Crippen LogP contribution in [-0.4, -0.2) is 18.5 Å². The molecule has 15 heavy (non-hydrogen) atoms. The van der Waals surface area contributed by atoms with E-state index in [9.17, 15) is 0 Å². The first-order chi connectivity index (χ1) is 7.31. The van der Waals surface area contributed by atoms with Crippen molar-refractivity contribution < 1.29 is 0 Å². The third kappa shape index (κ3) is 11.5. The Morgan fingerprint density at radius 2 is 1.33 bits per heavy atom. The highest BCUT2D eigenvalue weighted by Crippen LogP contribution is 2.09. The van der Waals surface area contributed by atoms with E-state index in [-0.39, 0.29) is 0 Å². The predicted molar refractivity (Wildman–Crippen MR) is 70.1 cm³/mol. The van der Waals surface area contributed by atoms with Crippen molar-refractivity contribution in [3.8, 4) is 0 Å². The van der Waals surface area contributed by atoms with Crippen molar-refractivity contribution >= 4 is 0 Å². The molecule has 0 N–H and O–H groups in total. The van der Waals surface area contributed by atoms with E-state index in [2.05, 4.69) is 25.5 Å². The highest BCUT2D eigenvalue weighted by molar-refractivity contribution is 4.65. The van der Waals surface area contributed by atoms with E-state index in [1.807, 2.05) is 6.20 Å².